The van der Waals surface area contributed by atoms with Crippen molar-refractivity contribution in [1.82, 2.24) is 14.9 Å². The van der Waals surface area contributed by atoms with E-state index in [1.54, 1.807) is 18.3 Å². The lowest BCUT2D eigenvalue weighted by Gasteiger charge is -2.06. The van der Waals surface area contributed by atoms with Gasteiger partial charge in [0.1, 0.15) is 11.6 Å². The number of benzene rings is 2. The fourth-order valence-corrected chi connectivity index (χ4v) is 2.90. The number of aromatic nitrogens is 3. The van der Waals surface area contributed by atoms with Crippen molar-refractivity contribution < 1.29 is 18.1 Å². The molecule has 146 valence electrons. The number of rotatable bonds is 5. The van der Waals surface area contributed by atoms with Crippen molar-refractivity contribution in [1.29, 1.82) is 0 Å². The number of nitrogens with one attached hydrogen (secondary N) is 1. The molecule has 0 radical (unpaired) electrons. The Balaban J connectivity index is 1.45. The molecule has 0 aliphatic carbocycles. The molecule has 1 amide bonds. The van der Waals surface area contributed by atoms with E-state index >= 15 is 0 Å². The molecule has 0 saturated carbocycles. The van der Waals surface area contributed by atoms with E-state index in [-0.39, 0.29) is 23.9 Å². The van der Waals surface area contributed by atoms with Crippen LogP contribution in [-0.2, 0) is 6.54 Å². The maximum absolute atomic E-state index is 13.9. The van der Waals surface area contributed by atoms with Crippen LogP contribution in [0, 0.1) is 11.6 Å². The van der Waals surface area contributed by atoms with E-state index in [0.717, 1.165) is 0 Å². The van der Waals surface area contributed by atoms with E-state index < -0.39 is 11.7 Å². The molecule has 6 nitrogen and oxygen atoms in total. The molecule has 2 aromatic heterocycles. The van der Waals surface area contributed by atoms with Crippen LogP contribution in [0.15, 0.2) is 65.3 Å². The predicted octanol–water partition coefficient (Wildman–Crippen LogP) is 4.77. The van der Waals surface area contributed by atoms with Gasteiger partial charge in [-0.2, -0.15) is 5.10 Å². The van der Waals surface area contributed by atoms with E-state index in [0.29, 0.717) is 21.9 Å². The average Bonchev–Trinajstić information content (AvgIpc) is 3.35. The van der Waals surface area contributed by atoms with Gasteiger partial charge in [0.25, 0.3) is 5.91 Å². The van der Waals surface area contributed by atoms with Gasteiger partial charge in [0.2, 0.25) is 0 Å². The van der Waals surface area contributed by atoms with Gasteiger partial charge in [0.05, 0.1) is 6.54 Å². The number of hydrogen-bond acceptors (Lipinski definition) is 4. The van der Waals surface area contributed by atoms with Crippen molar-refractivity contribution in [3.8, 4) is 11.3 Å². The predicted molar refractivity (Wildman–Crippen MR) is 103 cm³/mol. The molecule has 0 bridgehead atoms. The summed E-state index contributed by atoms with van der Waals surface area (Å²) in [5.41, 5.74) is 0.926. The van der Waals surface area contributed by atoms with Crippen molar-refractivity contribution in [3.05, 3.63) is 88.7 Å². The zero-order valence-electron chi connectivity index (χ0n) is 14.8. The number of hydrogen-bond donors (Lipinski definition) is 1. The van der Waals surface area contributed by atoms with Gasteiger partial charge in [-0.15, -0.1) is 0 Å². The minimum absolute atomic E-state index is 0.0380. The number of carbonyl (C=O) groups is 1. The van der Waals surface area contributed by atoms with Gasteiger partial charge in [0, 0.05) is 34.5 Å². The van der Waals surface area contributed by atoms with Crippen LogP contribution in [0.2, 0.25) is 5.02 Å². The summed E-state index contributed by atoms with van der Waals surface area (Å²) in [4.78, 5) is 12.4. The second-order valence-electron chi connectivity index (χ2n) is 6.14. The molecular formula is C20H13ClF2N4O2. The van der Waals surface area contributed by atoms with Crippen molar-refractivity contribution in [2.75, 3.05) is 5.32 Å². The zero-order valence-corrected chi connectivity index (χ0v) is 15.5. The molecule has 1 N–H and O–H groups in total. The smallest absolute Gasteiger partial charge is 0.279 e. The SMILES string of the molecule is O=C(Nc1ccn(Cc2c(F)cccc2Cl)n1)c1cc(-c2ccc(F)cc2)on1. The number of carbonyl (C=O) groups excluding carboxylic acids is 1. The summed E-state index contributed by atoms with van der Waals surface area (Å²) in [7, 11) is 0. The average molecular weight is 415 g/mol. The number of anilines is 1. The van der Waals surface area contributed by atoms with Gasteiger partial charge in [0.15, 0.2) is 17.3 Å². The normalized spacial score (nSPS) is 10.9. The molecule has 0 atom stereocenters. The zero-order chi connectivity index (χ0) is 20.4. The largest absolute Gasteiger partial charge is 0.355 e. The third kappa shape index (κ3) is 4.17. The monoisotopic (exact) mass is 414 g/mol. The van der Waals surface area contributed by atoms with Crippen LogP contribution in [0.1, 0.15) is 16.1 Å². The summed E-state index contributed by atoms with van der Waals surface area (Å²) in [5.74, 6) is -0.757. The van der Waals surface area contributed by atoms with E-state index in [2.05, 4.69) is 15.6 Å². The lowest BCUT2D eigenvalue weighted by Crippen LogP contribution is -2.13. The second kappa shape index (κ2) is 7.84. The Morgan fingerprint density at radius 3 is 2.69 bits per heavy atom. The van der Waals surface area contributed by atoms with Crippen LogP contribution in [0.25, 0.3) is 11.3 Å². The molecule has 2 aromatic carbocycles. The molecule has 0 saturated heterocycles. The molecule has 2 heterocycles. The minimum Gasteiger partial charge on any atom is -0.355 e. The number of nitrogens with zero attached hydrogens (tertiary/aromatic N) is 3. The number of amides is 1. The molecule has 4 rings (SSSR count). The highest BCUT2D eigenvalue weighted by Gasteiger charge is 2.15. The molecule has 0 spiro atoms. The van der Waals surface area contributed by atoms with Crippen molar-refractivity contribution in [2.24, 2.45) is 0 Å². The fraction of sp³-hybridized carbons (Fsp3) is 0.0500. The van der Waals surface area contributed by atoms with Gasteiger partial charge in [-0.05, 0) is 36.4 Å². The Kier molecular flexibility index (Phi) is 5.09. The van der Waals surface area contributed by atoms with Gasteiger partial charge in [-0.3, -0.25) is 9.48 Å². The highest BCUT2D eigenvalue weighted by molar-refractivity contribution is 6.31. The molecule has 0 fully saturated rings. The Hall–Kier alpha value is -3.52. The van der Waals surface area contributed by atoms with Gasteiger partial charge in [-0.25, -0.2) is 8.78 Å². The molecule has 9 heteroatoms. The maximum Gasteiger partial charge on any atom is 0.279 e. The third-order valence-electron chi connectivity index (χ3n) is 4.14. The van der Waals surface area contributed by atoms with Crippen LogP contribution < -0.4 is 5.32 Å². The first kappa shape index (κ1) is 18.8. The van der Waals surface area contributed by atoms with Crippen molar-refractivity contribution >= 4 is 23.3 Å². The first-order chi connectivity index (χ1) is 14.0. The summed E-state index contributed by atoms with van der Waals surface area (Å²) in [6, 6.07) is 13.0. The van der Waals surface area contributed by atoms with Crippen LogP contribution in [-0.4, -0.2) is 20.8 Å². The fourth-order valence-electron chi connectivity index (χ4n) is 2.67. The van der Waals surface area contributed by atoms with Gasteiger partial charge in [-0.1, -0.05) is 22.8 Å². The summed E-state index contributed by atoms with van der Waals surface area (Å²) in [6.45, 7) is 0.111. The molecule has 29 heavy (non-hydrogen) atoms. The van der Waals surface area contributed by atoms with Gasteiger partial charge < -0.3 is 9.84 Å². The van der Waals surface area contributed by atoms with Crippen molar-refractivity contribution in [2.45, 2.75) is 6.54 Å². The first-order valence-electron chi connectivity index (χ1n) is 8.50. The second-order valence-corrected chi connectivity index (χ2v) is 6.54. The molecular weight excluding hydrogens is 402 g/mol. The summed E-state index contributed by atoms with van der Waals surface area (Å²) in [6.07, 6.45) is 1.59. The summed E-state index contributed by atoms with van der Waals surface area (Å²) >= 11 is 6.02. The Labute approximate surface area is 168 Å². The van der Waals surface area contributed by atoms with Crippen LogP contribution >= 0.6 is 11.6 Å². The summed E-state index contributed by atoms with van der Waals surface area (Å²) < 4.78 is 33.5. The van der Waals surface area contributed by atoms with Crippen molar-refractivity contribution in [3.63, 3.8) is 0 Å². The highest BCUT2D eigenvalue weighted by Crippen LogP contribution is 2.22. The van der Waals surface area contributed by atoms with E-state index in [4.69, 9.17) is 16.1 Å². The minimum atomic E-state index is -0.531. The molecule has 4 aromatic rings. The standard InChI is InChI=1S/C20H13ClF2N4O2/c21-15-2-1-3-16(23)14(15)11-27-9-8-19(25-27)24-20(28)17-10-18(29-26-17)12-4-6-13(22)7-5-12/h1-10H,11H2,(H,24,25,28). The topological polar surface area (TPSA) is 73.0 Å². The summed E-state index contributed by atoms with van der Waals surface area (Å²) in [5, 5.41) is 10.8. The number of halogens is 3. The van der Waals surface area contributed by atoms with Crippen LogP contribution in [0.4, 0.5) is 14.6 Å². The lowest BCUT2D eigenvalue weighted by atomic mass is 10.1. The molecule has 0 aliphatic heterocycles. The maximum atomic E-state index is 13.9. The Bertz CT molecular complexity index is 1150. The van der Waals surface area contributed by atoms with E-state index in [9.17, 15) is 13.6 Å². The Morgan fingerprint density at radius 2 is 1.93 bits per heavy atom. The molecule has 0 aliphatic rings. The third-order valence-corrected chi connectivity index (χ3v) is 4.49. The van der Waals surface area contributed by atoms with E-state index in [1.807, 2.05) is 0 Å². The van der Waals surface area contributed by atoms with Crippen LogP contribution in [0.3, 0.4) is 0 Å². The van der Waals surface area contributed by atoms with E-state index in [1.165, 1.54) is 47.1 Å². The first-order valence-corrected chi connectivity index (χ1v) is 8.88. The quantitative estimate of drug-likeness (QED) is 0.510. The Morgan fingerprint density at radius 1 is 1.14 bits per heavy atom. The van der Waals surface area contributed by atoms with Crippen LogP contribution in [0.5, 0.6) is 0 Å². The molecule has 0 unspecified atom stereocenters. The van der Waals surface area contributed by atoms with Gasteiger partial charge >= 0.3 is 0 Å². The highest BCUT2D eigenvalue weighted by atomic mass is 35.5. The lowest BCUT2D eigenvalue weighted by molar-refractivity contribution is 0.101.